The summed E-state index contributed by atoms with van der Waals surface area (Å²) >= 11 is 0. The minimum absolute atomic E-state index is 0.0818. The monoisotopic (exact) mass is 339 g/mol. The fourth-order valence-corrected chi connectivity index (χ4v) is 3.14. The average Bonchev–Trinajstić information content (AvgIpc) is 2.62. The van der Waals surface area contributed by atoms with Gasteiger partial charge in [0.25, 0.3) is 5.91 Å². The van der Waals surface area contributed by atoms with Crippen LogP contribution in [0.2, 0.25) is 0 Å². The molecule has 2 heterocycles. The number of morpholine rings is 1. The van der Waals surface area contributed by atoms with Gasteiger partial charge in [-0.15, -0.1) is 0 Å². The number of hydrogen-bond donors (Lipinski definition) is 1. The predicted octanol–water partition coefficient (Wildman–Crippen LogP) is 2.62. The number of hydrogen-bond acceptors (Lipinski definition) is 4. The first-order valence-corrected chi connectivity index (χ1v) is 8.75. The summed E-state index contributed by atoms with van der Waals surface area (Å²) in [6.07, 6.45) is 3.77. The molecule has 1 aromatic heterocycles. The smallest absolute Gasteiger partial charge is 0.254 e. The number of pyridine rings is 1. The lowest BCUT2D eigenvalue weighted by Gasteiger charge is -2.35. The third kappa shape index (κ3) is 4.87. The SMILES string of the molecule is CC1CN(C(=O)c2ccc(CNCc3ccncc3)cc2)CC(C)O1. The number of nitrogens with zero attached hydrogens (tertiary/aromatic N) is 2. The summed E-state index contributed by atoms with van der Waals surface area (Å²) in [5, 5.41) is 3.40. The molecule has 5 heteroatoms. The first-order chi connectivity index (χ1) is 12.1. The molecule has 0 saturated carbocycles. The van der Waals surface area contributed by atoms with E-state index in [1.165, 1.54) is 5.56 Å². The standard InChI is InChI=1S/C20H25N3O2/c1-15-13-23(14-16(2)25-15)20(24)19-5-3-17(4-6-19)11-22-12-18-7-9-21-10-8-18/h3-10,15-16,22H,11-14H2,1-2H3. The normalized spacial score (nSPS) is 20.5. The van der Waals surface area contributed by atoms with Gasteiger partial charge in [0, 0.05) is 44.1 Å². The molecule has 3 rings (SSSR count). The lowest BCUT2D eigenvalue weighted by atomic mass is 10.1. The van der Waals surface area contributed by atoms with Crippen LogP contribution in [0.15, 0.2) is 48.8 Å². The summed E-state index contributed by atoms with van der Waals surface area (Å²) in [7, 11) is 0. The van der Waals surface area contributed by atoms with E-state index in [0.717, 1.165) is 24.2 Å². The van der Waals surface area contributed by atoms with E-state index < -0.39 is 0 Å². The molecule has 5 nitrogen and oxygen atoms in total. The van der Waals surface area contributed by atoms with Gasteiger partial charge in [-0.2, -0.15) is 0 Å². The van der Waals surface area contributed by atoms with E-state index in [9.17, 15) is 4.79 Å². The molecule has 0 bridgehead atoms. The second-order valence-electron chi connectivity index (χ2n) is 6.62. The number of carbonyl (C=O) groups excluding carboxylic acids is 1. The topological polar surface area (TPSA) is 54.5 Å². The molecule has 2 unspecified atom stereocenters. The molecule has 2 aromatic rings. The summed E-state index contributed by atoms with van der Waals surface area (Å²) in [6.45, 7) is 6.88. The Morgan fingerprint density at radius 3 is 2.20 bits per heavy atom. The minimum atomic E-state index is 0.0818. The zero-order valence-electron chi connectivity index (χ0n) is 14.8. The van der Waals surface area contributed by atoms with Gasteiger partial charge in [-0.1, -0.05) is 12.1 Å². The van der Waals surface area contributed by atoms with Crippen molar-refractivity contribution in [2.24, 2.45) is 0 Å². The maximum Gasteiger partial charge on any atom is 0.254 e. The van der Waals surface area contributed by atoms with Crippen molar-refractivity contribution in [3.63, 3.8) is 0 Å². The summed E-state index contributed by atoms with van der Waals surface area (Å²) in [6, 6.07) is 11.9. The Balaban J connectivity index is 1.53. The van der Waals surface area contributed by atoms with Crippen LogP contribution in [0.1, 0.15) is 35.3 Å². The van der Waals surface area contributed by atoms with Gasteiger partial charge < -0.3 is 15.0 Å². The fraction of sp³-hybridized carbons (Fsp3) is 0.400. The molecule has 1 aliphatic rings. The molecule has 0 spiro atoms. The van der Waals surface area contributed by atoms with E-state index in [2.05, 4.69) is 10.3 Å². The summed E-state index contributed by atoms with van der Waals surface area (Å²) in [5.74, 6) is 0.0818. The number of carbonyl (C=O) groups is 1. The van der Waals surface area contributed by atoms with E-state index in [1.54, 1.807) is 12.4 Å². The van der Waals surface area contributed by atoms with Crippen LogP contribution in [0.25, 0.3) is 0 Å². The third-order valence-corrected chi connectivity index (χ3v) is 4.32. The first kappa shape index (κ1) is 17.6. The first-order valence-electron chi connectivity index (χ1n) is 8.75. The van der Waals surface area contributed by atoms with Crippen LogP contribution in [0.3, 0.4) is 0 Å². The van der Waals surface area contributed by atoms with Crippen LogP contribution in [0.4, 0.5) is 0 Å². The fourth-order valence-electron chi connectivity index (χ4n) is 3.14. The maximum atomic E-state index is 12.7. The van der Waals surface area contributed by atoms with E-state index in [-0.39, 0.29) is 18.1 Å². The predicted molar refractivity (Wildman–Crippen MR) is 97.1 cm³/mol. The molecule has 1 aromatic carbocycles. The van der Waals surface area contributed by atoms with Crippen molar-refractivity contribution >= 4 is 5.91 Å². The average molecular weight is 339 g/mol. The molecule has 1 aliphatic heterocycles. The molecular formula is C20H25N3O2. The summed E-state index contributed by atoms with van der Waals surface area (Å²) in [5.41, 5.74) is 3.10. The highest BCUT2D eigenvalue weighted by atomic mass is 16.5. The van der Waals surface area contributed by atoms with Crippen LogP contribution in [0.5, 0.6) is 0 Å². The maximum absolute atomic E-state index is 12.7. The Bertz CT molecular complexity index is 678. The zero-order chi connectivity index (χ0) is 17.6. The highest BCUT2D eigenvalue weighted by Gasteiger charge is 2.26. The van der Waals surface area contributed by atoms with Gasteiger partial charge >= 0.3 is 0 Å². The minimum Gasteiger partial charge on any atom is -0.372 e. The molecule has 1 amide bonds. The van der Waals surface area contributed by atoms with E-state index >= 15 is 0 Å². The summed E-state index contributed by atoms with van der Waals surface area (Å²) < 4.78 is 5.70. The zero-order valence-corrected chi connectivity index (χ0v) is 14.8. The summed E-state index contributed by atoms with van der Waals surface area (Å²) in [4.78, 5) is 18.5. The third-order valence-electron chi connectivity index (χ3n) is 4.32. The van der Waals surface area contributed by atoms with Crippen LogP contribution in [-0.4, -0.2) is 41.1 Å². The van der Waals surface area contributed by atoms with Crippen molar-refractivity contribution in [1.82, 2.24) is 15.2 Å². The molecule has 0 aliphatic carbocycles. The van der Waals surface area contributed by atoms with Crippen molar-refractivity contribution in [1.29, 1.82) is 0 Å². The molecular weight excluding hydrogens is 314 g/mol. The Kier molecular flexibility index (Phi) is 5.79. The Labute approximate surface area is 149 Å². The largest absolute Gasteiger partial charge is 0.372 e. The second-order valence-corrected chi connectivity index (χ2v) is 6.62. The molecule has 1 saturated heterocycles. The van der Waals surface area contributed by atoms with Crippen LogP contribution in [-0.2, 0) is 17.8 Å². The van der Waals surface area contributed by atoms with Crippen molar-refractivity contribution in [2.75, 3.05) is 13.1 Å². The Hall–Kier alpha value is -2.24. The molecule has 1 fully saturated rings. The van der Waals surface area contributed by atoms with Gasteiger partial charge in [-0.25, -0.2) is 0 Å². The van der Waals surface area contributed by atoms with Gasteiger partial charge in [0.2, 0.25) is 0 Å². The number of ether oxygens (including phenoxy) is 1. The van der Waals surface area contributed by atoms with Crippen molar-refractivity contribution < 1.29 is 9.53 Å². The van der Waals surface area contributed by atoms with Crippen molar-refractivity contribution in [2.45, 2.75) is 39.1 Å². The van der Waals surface area contributed by atoms with Gasteiger partial charge in [0.15, 0.2) is 0 Å². The lowest BCUT2D eigenvalue weighted by Crippen LogP contribution is -2.48. The van der Waals surface area contributed by atoms with Gasteiger partial charge in [-0.3, -0.25) is 9.78 Å². The van der Waals surface area contributed by atoms with E-state index in [4.69, 9.17) is 4.74 Å². The van der Waals surface area contributed by atoms with Gasteiger partial charge in [-0.05, 0) is 49.2 Å². The van der Waals surface area contributed by atoms with Gasteiger partial charge in [0.1, 0.15) is 0 Å². The number of benzene rings is 1. The molecule has 2 atom stereocenters. The molecule has 1 N–H and O–H groups in total. The number of amides is 1. The molecule has 0 radical (unpaired) electrons. The second kappa shape index (κ2) is 8.23. The van der Waals surface area contributed by atoms with Crippen LogP contribution >= 0.6 is 0 Å². The van der Waals surface area contributed by atoms with Crippen LogP contribution in [0, 0.1) is 0 Å². The highest BCUT2D eigenvalue weighted by molar-refractivity contribution is 5.94. The highest BCUT2D eigenvalue weighted by Crippen LogP contribution is 2.15. The quantitative estimate of drug-likeness (QED) is 0.910. The van der Waals surface area contributed by atoms with Gasteiger partial charge in [0.05, 0.1) is 12.2 Å². The van der Waals surface area contributed by atoms with E-state index in [0.29, 0.717) is 13.1 Å². The lowest BCUT2D eigenvalue weighted by molar-refractivity contribution is -0.0586. The number of nitrogens with one attached hydrogen (secondary N) is 1. The number of rotatable bonds is 5. The Morgan fingerprint density at radius 1 is 1.04 bits per heavy atom. The molecule has 132 valence electrons. The molecule has 25 heavy (non-hydrogen) atoms. The van der Waals surface area contributed by atoms with Crippen molar-refractivity contribution in [3.8, 4) is 0 Å². The van der Waals surface area contributed by atoms with E-state index in [1.807, 2.05) is 55.1 Å². The number of aromatic nitrogens is 1. The Morgan fingerprint density at radius 2 is 1.60 bits per heavy atom. The van der Waals surface area contributed by atoms with Crippen molar-refractivity contribution in [3.05, 3.63) is 65.5 Å². The van der Waals surface area contributed by atoms with Crippen LogP contribution < -0.4 is 5.32 Å².